The summed E-state index contributed by atoms with van der Waals surface area (Å²) in [6.45, 7) is 0. The summed E-state index contributed by atoms with van der Waals surface area (Å²) in [4.78, 5) is 0. The van der Waals surface area contributed by atoms with Crippen LogP contribution in [0.2, 0.25) is 0 Å². The van der Waals surface area contributed by atoms with Gasteiger partial charge in [-0.2, -0.15) is 0 Å². The molecule has 0 fully saturated rings. The van der Waals surface area contributed by atoms with E-state index in [-0.39, 0.29) is 61.4 Å². The molecule has 4 heteroatoms. The maximum atomic E-state index is 0. The number of rotatable bonds is 0. The van der Waals surface area contributed by atoms with E-state index in [1.54, 1.807) is 0 Å². The molecule has 0 amide bonds. The van der Waals surface area contributed by atoms with Gasteiger partial charge in [0.1, 0.15) is 0 Å². The van der Waals surface area contributed by atoms with E-state index in [1.807, 2.05) is 0 Å². The molecule has 0 aromatic rings. The van der Waals surface area contributed by atoms with Crippen molar-refractivity contribution >= 4 is 32.9 Å². The van der Waals surface area contributed by atoms with Crippen LogP contribution in [-0.2, 0) is 21.1 Å². The summed E-state index contributed by atoms with van der Waals surface area (Å²) in [6, 6.07) is 0. The van der Waals surface area contributed by atoms with Crippen molar-refractivity contribution in [1.29, 1.82) is 0 Å². The summed E-state index contributed by atoms with van der Waals surface area (Å²) >= 11 is 0. The van der Waals surface area contributed by atoms with E-state index in [2.05, 4.69) is 0 Å². The molecule has 0 spiro atoms. The molecule has 0 aromatic carbocycles. The van der Waals surface area contributed by atoms with E-state index in [0.717, 1.165) is 0 Å². The van der Waals surface area contributed by atoms with Crippen molar-refractivity contribution in [1.82, 2.24) is 0 Å². The van der Waals surface area contributed by atoms with Crippen LogP contribution >= 0.6 is 0 Å². The zero-order valence-corrected chi connectivity index (χ0v) is 6.92. The molecule has 0 rings (SSSR count). The van der Waals surface area contributed by atoms with Gasteiger partial charge in [0.2, 0.25) is 0 Å². The van der Waals surface area contributed by atoms with Crippen molar-refractivity contribution in [2.75, 3.05) is 0 Å². The first-order chi connectivity index (χ1) is 0. The van der Waals surface area contributed by atoms with Gasteiger partial charge < -0.3 is 0 Å². The minimum atomic E-state index is 0. The molecule has 0 N–H and O–H groups in total. The summed E-state index contributed by atoms with van der Waals surface area (Å²) in [5.74, 6) is 0. The largest absolute Gasteiger partial charge is 0.0776 e. The molecular weight excluding hydrogens is 192 g/mol. The Balaban J connectivity index is 0. The van der Waals surface area contributed by atoms with Crippen molar-refractivity contribution < 1.29 is 21.1 Å². The van der Waals surface area contributed by atoms with Gasteiger partial charge in [0.15, 0.2) is 0 Å². The van der Waals surface area contributed by atoms with Crippen LogP contribution in [0.15, 0.2) is 0 Å². The first-order valence-electron chi connectivity index (χ1n) is 0. The topological polar surface area (TPSA) is 0 Å². The quantitative estimate of drug-likeness (QED) is 0.458. The molecule has 0 aromatic heterocycles. The van der Waals surface area contributed by atoms with Gasteiger partial charge in [-0.25, -0.2) is 0 Å². The molecule has 0 aliphatic rings. The van der Waals surface area contributed by atoms with Gasteiger partial charge >= 0.3 is 0 Å². The van der Waals surface area contributed by atoms with E-state index in [0.29, 0.717) is 0 Å². The monoisotopic (exact) mass is 198 g/mol. The summed E-state index contributed by atoms with van der Waals surface area (Å²) in [5, 5.41) is 0. The summed E-state index contributed by atoms with van der Waals surface area (Å²) < 4.78 is 0. The molecule has 0 saturated carbocycles. The molecule has 12 radical (unpaired) electrons. The van der Waals surface area contributed by atoms with Crippen LogP contribution in [0.4, 0.5) is 0 Å². The Labute approximate surface area is 61.4 Å². The average molecular weight is 196 g/mol. The fraction of sp³-hybridized carbons (Fsp3) is 1.00. The van der Waals surface area contributed by atoms with Gasteiger partial charge in [-0.15, -0.1) is 0 Å². The SMILES string of the molecule is C.[Mo].[Si].[Si].[Si]. The Morgan fingerprint density at radius 2 is 0.600 bits per heavy atom. The predicted octanol–water partition coefficient (Wildman–Crippen LogP) is -0.509. The van der Waals surface area contributed by atoms with Gasteiger partial charge in [0.25, 0.3) is 0 Å². The van der Waals surface area contributed by atoms with Crippen LogP contribution in [0.1, 0.15) is 7.43 Å². The molecule has 0 saturated heterocycles. The van der Waals surface area contributed by atoms with Crippen LogP contribution < -0.4 is 0 Å². The molecule has 0 nitrogen and oxygen atoms in total. The first-order valence-corrected chi connectivity index (χ1v) is 0. The molecule has 0 bridgehead atoms. The average Bonchev–Trinajstić information content (AvgIpc) is 0. The van der Waals surface area contributed by atoms with Gasteiger partial charge in [0.05, 0.1) is 0 Å². The van der Waals surface area contributed by atoms with Gasteiger partial charge in [-0.3, -0.25) is 0 Å². The molecule has 0 atom stereocenters. The van der Waals surface area contributed by atoms with E-state index >= 15 is 0 Å². The molecule has 0 unspecified atom stereocenters. The van der Waals surface area contributed by atoms with Crippen LogP contribution in [0.5, 0.6) is 0 Å². The van der Waals surface area contributed by atoms with Crippen molar-refractivity contribution in [3.05, 3.63) is 0 Å². The van der Waals surface area contributed by atoms with Gasteiger partial charge in [-0.05, 0) is 0 Å². The van der Waals surface area contributed by atoms with Gasteiger partial charge in [-0.1, -0.05) is 7.43 Å². The Kier molecular flexibility index (Phi) is 1130. The second kappa shape index (κ2) is 56.1. The molecule has 5 heavy (non-hydrogen) atoms. The minimum absolute atomic E-state index is 0. The predicted molar refractivity (Wildman–Crippen MR) is 24.0 cm³/mol. The Hall–Kier alpha value is 1.34. The van der Waals surface area contributed by atoms with E-state index in [1.165, 1.54) is 0 Å². The second-order valence-corrected chi connectivity index (χ2v) is 0. The van der Waals surface area contributed by atoms with E-state index in [4.69, 9.17) is 0 Å². The maximum absolute atomic E-state index is 0. The second-order valence-electron chi connectivity index (χ2n) is 0. The van der Waals surface area contributed by atoms with Crippen LogP contribution in [0.3, 0.4) is 0 Å². The van der Waals surface area contributed by atoms with Crippen molar-refractivity contribution in [3.8, 4) is 0 Å². The number of hydrogen-bond acceptors (Lipinski definition) is 0. The third-order valence-electron chi connectivity index (χ3n) is 0. The smallest absolute Gasteiger partial charge is 0 e. The third-order valence-corrected chi connectivity index (χ3v) is 0. The fourth-order valence-corrected chi connectivity index (χ4v) is 0. The normalized spacial score (nSPS) is 0. The third kappa shape index (κ3) is 33.2. The molecule has 0 heterocycles. The number of hydrogen-bond donors (Lipinski definition) is 0. The zero-order valence-electron chi connectivity index (χ0n) is 1.91. The maximum Gasteiger partial charge on any atom is 0 e. The summed E-state index contributed by atoms with van der Waals surface area (Å²) in [7, 11) is 0. The summed E-state index contributed by atoms with van der Waals surface area (Å²) in [5.41, 5.74) is 0. The van der Waals surface area contributed by atoms with Crippen molar-refractivity contribution in [3.63, 3.8) is 0 Å². The standard InChI is InChI=1S/CH4.Mo.3Si/h1H4;;;;. The Bertz CT molecular complexity index is 6.85. The zero-order chi connectivity index (χ0) is 0. The molecule has 0 aliphatic heterocycles. The summed E-state index contributed by atoms with van der Waals surface area (Å²) in [6.07, 6.45) is 0. The van der Waals surface area contributed by atoms with Crippen molar-refractivity contribution in [2.24, 2.45) is 0 Å². The van der Waals surface area contributed by atoms with Crippen LogP contribution in [0, 0.1) is 0 Å². The van der Waals surface area contributed by atoms with Crippen LogP contribution in [0.25, 0.3) is 0 Å². The van der Waals surface area contributed by atoms with E-state index in [9.17, 15) is 0 Å². The van der Waals surface area contributed by atoms with E-state index < -0.39 is 0 Å². The van der Waals surface area contributed by atoms with Gasteiger partial charge in [0, 0.05) is 54.0 Å². The molecule has 26 valence electrons. The van der Waals surface area contributed by atoms with Crippen molar-refractivity contribution in [2.45, 2.75) is 7.43 Å². The Morgan fingerprint density at radius 1 is 0.600 bits per heavy atom. The van der Waals surface area contributed by atoms with Crippen LogP contribution in [-0.4, -0.2) is 32.9 Å². The fourth-order valence-electron chi connectivity index (χ4n) is 0. The first kappa shape index (κ1) is 101. The molecule has 0 aliphatic carbocycles. The Morgan fingerprint density at radius 3 is 0.600 bits per heavy atom. The molecular formula is CH4MoSi3. The minimum Gasteiger partial charge on any atom is -0.0776 e.